The van der Waals surface area contributed by atoms with E-state index in [2.05, 4.69) is 41.3 Å². The van der Waals surface area contributed by atoms with Crippen LogP contribution >= 0.6 is 0 Å². The summed E-state index contributed by atoms with van der Waals surface area (Å²) in [4.78, 5) is 29.3. The predicted octanol–water partition coefficient (Wildman–Crippen LogP) is 3.82. The molecule has 1 heterocycles. The van der Waals surface area contributed by atoms with E-state index in [9.17, 15) is 9.59 Å². The summed E-state index contributed by atoms with van der Waals surface area (Å²) in [6.45, 7) is 5.98. The Morgan fingerprint density at radius 2 is 1.81 bits per heavy atom. The zero-order valence-corrected chi connectivity index (χ0v) is 15.8. The van der Waals surface area contributed by atoms with Gasteiger partial charge in [0.1, 0.15) is 0 Å². The molecule has 1 aromatic heterocycles. The molecule has 1 aliphatic rings. The summed E-state index contributed by atoms with van der Waals surface area (Å²) in [5.41, 5.74) is 7.58. The molecule has 3 aromatic rings. The highest BCUT2D eigenvalue weighted by molar-refractivity contribution is 5.98. The van der Waals surface area contributed by atoms with E-state index in [0.717, 1.165) is 57.3 Å². The number of carbonyl (C=O) groups is 1. The smallest absolute Gasteiger partial charge is 0.323 e. The maximum atomic E-state index is 12.2. The first-order chi connectivity index (χ1) is 12.9. The second-order valence-corrected chi connectivity index (χ2v) is 7.44. The molecule has 4 rings (SSSR count). The molecule has 0 atom stereocenters. The first-order valence-electron chi connectivity index (χ1n) is 9.23. The number of aromatic nitrogens is 2. The third-order valence-corrected chi connectivity index (χ3v) is 5.08. The lowest BCUT2D eigenvalue weighted by Crippen LogP contribution is -2.25. The number of imidazole rings is 1. The van der Waals surface area contributed by atoms with Crippen molar-refractivity contribution in [3.63, 3.8) is 0 Å². The molecule has 1 aliphatic carbocycles. The first kappa shape index (κ1) is 17.3. The lowest BCUT2D eigenvalue weighted by Gasteiger charge is -2.12. The molecule has 1 saturated carbocycles. The van der Waals surface area contributed by atoms with E-state index >= 15 is 0 Å². The van der Waals surface area contributed by atoms with Crippen LogP contribution in [0.1, 0.15) is 36.5 Å². The Bertz CT molecular complexity index is 1130. The van der Waals surface area contributed by atoms with Gasteiger partial charge >= 0.3 is 5.69 Å². The Hall–Kier alpha value is -3.08. The summed E-state index contributed by atoms with van der Waals surface area (Å²) in [6.07, 6.45) is 4.13. The number of H-pyrrole nitrogens is 2. The molecule has 0 unspecified atom stereocenters. The van der Waals surface area contributed by atoms with Gasteiger partial charge in [-0.3, -0.25) is 4.79 Å². The van der Waals surface area contributed by atoms with E-state index in [1.54, 1.807) is 0 Å². The largest absolute Gasteiger partial charge is 0.350 e. The fourth-order valence-corrected chi connectivity index (χ4v) is 3.33. The molecule has 0 radical (unpaired) electrons. The van der Waals surface area contributed by atoms with Crippen molar-refractivity contribution >= 4 is 23.0 Å². The Kier molecular flexibility index (Phi) is 4.22. The quantitative estimate of drug-likeness (QED) is 0.618. The SMILES string of the molecule is CC(=Cc1cc(C)c(-c2ccc3[nH]c(=O)[nH]c3c2)cc1C)C(=O)NC1CC1. The lowest BCUT2D eigenvalue weighted by molar-refractivity contribution is -0.117. The van der Waals surface area contributed by atoms with Gasteiger partial charge in [-0.1, -0.05) is 18.2 Å². The van der Waals surface area contributed by atoms with Crippen LogP contribution in [-0.4, -0.2) is 21.9 Å². The van der Waals surface area contributed by atoms with Crippen LogP contribution in [0.3, 0.4) is 0 Å². The highest BCUT2D eigenvalue weighted by atomic mass is 16.2. The van der Waals surface area contributed by atoms with E-state index in [1.165, 1.54) is 0 Å². The number of carbonyl (C=O) groups excluding carboxylic acids is 1. The number of fused-ring (bicyclic) bond motifs is 1. The van der Waals surface area contributed by atoms with Gasteiger partial charge in [0.2, 0.25) is 5.91 Å². The number of aromatic amines is 2. The number of amides is 1. The minimum Gasteiger partial charge on any atom is -0.350 e. The van der Waals surface area contributed by atoms with E-state index in [0.29, 0.717) is 6.04 Å². The highest BCUT2D eigenvalue weighted by Crippen LogP contribution is 2.29. The minimum absolute atomic E-state index is 0.0143. The summed E-state index contributed by atoms with van der Waals surface area (Å²) in [6, 6.07) is 10.5. The normalized spacial score (nSPS) is 14.6. The van der Waals surface area contributed by atoms with Crippen LogP contribution in [0.25, 0.3) is 28.2 Å². The maximum Gasteiger partial charge on any atom is 0.323 e. The van der Waals surface area contributed by atoms with Crippen molar-refractivity contribution in [2.75, 3.05) is 0 Å². The Morgan fingerprint density at radius 1 is 1.07 bits per heavy atom. The van der Waals surface area contributed by atoms with Crippen molar-refractivity contribution in [2.45, 2.75) is 39.7 Å². The summed E-state index contributed by atoms with van der Waals surface area (Å²) in [5, 5.41) is 3.02. The number of benzene rings is 2. The molecule has 5 nitrogen and oxygen atoms in total. The molecule has 0 spiro atoms. The monoisotopic (exact) mass is 361 g/mol. The van der Waals surface area contributed by atoms with Gasteiger partial charge in [-0.05, 0) is 79.6 Å². The summed E-state index contributed by atoms with van der Waals surface area (Å²) in [7, 11) is 0. The van der Waals surface area contributed by atoms with Gasteiger partial charge in [0.15, 0.2) is 0 Å². The van der Waals surface area contributed by atoms with Crippen molar-refractivity contribution < 1.29 is 4.79 Å². The zero-order valence-electron chi connectivity index (χ0n) is 15.8. The Balaban J connectivity index is 1.68. The average Bonchev–Trinajstić information content (AvgIpc) is 3.35. The number of rotatable bonds is 4. The second-order valence-electron chi connectivity index (χ2n) is 7.44. The molecule has 3 N–H and O–H groups in total. The Morgan fingerprint density at radius 3 is 2.56 bits per heavy atom. The summed E-state index contributed by atoms with van der Waals surface area (Å²) < 4.78 is 0. The molecule has 0 saturated heterocycles. The van der Waals surface area contributed by atoms with E-state index < -0.39 is 0 Å². The third kappa shape index (κ3) is 3.58. The van der Waals surface area contributed by atoms with Crippen LogP contribution in [0.15, 0.2) is 40.7 Å². The molecule has 2 aromatic carbocycles. The summed E-state index contributed by atoms with van der Waals surface area (Å²) in [5.74, 6) is 0.0143. The van der Waals surface area contributed by atoms with Crippen LogP contribution in [0, 0.1) is 13.8 Å². The van der Waals surface area contributed by atoms with Crippen LogP contribution < -0.4 is 11.0 Å². The van der Waals surface area contributed by atoms with E-state index in [-0.39, 0.29) is 11.6 Å². The molecule has 5 heteroatoms. The van der Waals surface area contributed by atoms with Crippen LogP contribution in [0.5, 0.6) is 0 Å². The van der Waals surface area contributed by atoms with Gasteiger partial charge < -0.3 is 15.3 Å². The average molecular weight is 361 g/mol. The van der Waals surface area contributed by atoms with Gasteiger partial charge in [0, 0.05) is 11.6 Å². The number of hydrogen-bond donors (Lipinski definition) is 3. The maximum absolute atomic E-state index is 12.2. The fraction of sp³-hybridized carbons (Fsp3) is 0.273. The molecule has 0 aliphatic heterocycles. The van der Waals surface area contributed by atoms with Crippen molar-refractivity contribution in [3.8, 4) is 11.1 Å². The lowest BCUT2D eigenvalue weighted by atomic mass is 9.94. The number of hydrogen-bond acceptors (Lipinski definition) is 2. The van der Waals surface area contributed by atoms with Crippen molar-refractivity contribution in [1.29, 1.82) is 0 Å². The fourth-order valence-electron chi connectivity index (χ4n) is 3.33. The second kappa shape index (κ2) is 6.58. The van der Waals surface area contributed by atoms with Crippen molar-refractivity contribution in [3.05, 3.63) is 63.1 Å². The number of nitrogens with one attached hydrogen (secondary N) is 3. The van der Waals surface area contributed by atoms with Crippen LogP contribution in [0.4, 0.5) is 0 Å². The molecule has 1 fully saturated rings. The predicted molar refractivity (Wildman–Crippen MR) is 109 cm³/mol. The van der Waals surface area contributed by atoms with Crippen LogP contribution in [-0.2, 0) is 4.79 Å². The molecule has 27 heavy (non-hydrogen) atoms. The third-order valence-electron chi connectivity index (χ3n) is 5.08. The Labute approximate surface area is 157 Å². The van der Waals surface area contributed by atoms with Crippen molar-refractivity contribution in [2.24, 2.45) is 0 Å². The van der Waals surface area contributed by atoms with Gasteiger partial charge in [-0.2, -0.15) is 0 Å². The van der Waals surface area contributed by atoms with Gasteiger partial charge in [-0.15, -0.1) is 0 Å². The van der Waals surface area contributed by atoms with E-state index in [4.69, 9.17) is 0 Å². The molecule has 138 valence electrons. The first-order valence-corrected chi connectivity index (χ1v) is 9.23. The van der Waals surface area contributed by atoms with Gasteiger partial charge in [-0.25, -0.2) is 4.79 Å². The molecule has 0 bridgehead atoms. The molecule has 1 amide bonds. The highest BCUT2D eigenvalue weighted by Gasteiger charge is 2.23. The summed E-state index contributed by atoms with van der Waals surface area (Å²) >= 11 is 0. The van der Waals surface area contributed by atoms with E-state index in [1.807, 2.05) is 31.2 Å². The minimum atomic E-state index is -0.199. The standard InChI is InChI=1S/C22H23N3O2/c1-12-10-18(15-4-7-19-20(11-15)25-22(27)24-19)13(2)8-16(12)9-14(3)21(26)23-17-5-6-17/h4,7-11,17H,5-6H2,1-3H3,(H,23,26)(H2,24,25,27). The zero-order chi connectivity index (χ0) is 19.1. The molecular weight excluding hydrogens is 338 g/mol. The van der Waals surface area contributed by atoms with Gasteiger partial charge in [0.25, 0.3) is 0 Å². The topological polar surface area (TPSA) is 77.8 Å². The molecular formula is C22H23N3O2. The number of aryl methyl sites for hydroxylation is 2. The van der Waals surface area contributed by atoms with Crippen LogP contribution in [0.2, 0.25) is 0 Å². The van der Waals surface area contributed by atoms with Crippen molar-refractivity contribution in [1.82, 2.24) is 15.3 Å². The van der Waals surface area contributed by atoms with Gasteiger partial charge in [0.05, 0.1) is 11.0 Å².